The zero-order chi connectivity index (χ0) is 14.2. The summed E-state index contributed by atoms with van der Waals surface area (Å²) in [7, 11) is 1.71. The first-order valence-electron chi connectivity index (χ1n) is 6.13. The van der Waals surface area contributed by atoms with Gasteiger partial charge in [-0.05, 0) is 34.1 Å². The van der Waals surface area contributed by atoms with Crippen LogP contribution in [0.2, 0.25) is 0 Å². The average molecular weight is 262 g/mol. The fourth-order valence-corrected chi connectivity index (χ4v) is 1.19. The smallest absolute Gasteiger partial charge is 0.410 e. The zero-order valence-corrected chi connectivity index (χ0v) is 12.1. The van der Waals surface area contributed by atoms with Gasteiger partial charge >= 0.3 is 6.09 Å². The fraction of sp³-hybridized carbons (Fsp3) is 0.917. The Balaban J connectivity index is 3.81. The highest BCUT2D eigenvalue weighted by Gasteiger charge is 2.19. The number of carbonyl (C=O) groups excluding carboxylic acids is 1. The molecule has 1 atom stereocenters. The average Bonchev–Trinajstić information content (AvgIpc) is 2.23. The molecule has 0 aromatic rings. The predicted octanol–water partition coefficient (Wildman–Crippen LogP) is 1.54. The lowest BCUT2D eigenvalue weighted by molar-refractivity contribution is 0.00172. The number of hydrogen-bond acceptors (Lipinski definition) is 5. The van der Waals surface area contributed by atoms with E-state index in [0.29, 0.717) is 19.8 Å². The molecule has 0 fully saturated rings. The molecule has 6 heteroatoms. The minimum absolute atomic E-state index is 0.0463. The van der Waals surface area contributed by atoms with Crippen LogP contribution in [-0.2, 0) is 14.3 Å². The van der Waals surface area contributed by atoms with E-state index in [9.17, 15) is 4.79 Å². The number of carbonyl (C=O) groups is 1. The molecule has 1 unspecified atom stereocenters. The second kappa shape index (κ2) is 8.29. The van der Waals surface area contributed by atoms with Gasteiger partial charge in [0, 0.05) is 13.6 Å². The Bertz CT molecular complexity index is 241. The molecule has 18 heavy (non-hydrogen) atoms. The summed E-state index contributed by atoms with van der Waals surface area (Å²) in [5, 5.41) is 0. The topological polar surface area (TPSA) is 74.0 Å². The van der Waals surface area contributed by atoms with Crippen LogP contribution in [0.25, 0.3) is 0 Å². The maximum absolute atomic E-state index is 11.7. The number of amides is 1. The largest absolute Gasteiger partial charge is 0.444 e. The Hall–Kier alpha value is -0.850. The lowest BCUT2D eigenvalue weighted by Crippen LogP contribution is -2.35. The maximum atomic E-state index is 11.7. The summed E-state index contributed by atoms with van der Waals surface area (Å²) in [5.74, 6) is 4.89. The molecule has 1 amide bonds. The highest BCUT2D eigenvalue weighted by molar-refractivity contribution is 5.67. The van der Waals surface area contributed by atoms with E-state index >= 15 is 0 Å². The van der Waals surface area contributed by atoms with Gasteiger partial charge < -0.3 is 19.2 Å². The number of nitrogens with zero attached hydrogens (tertiary/aromatic N) is 1. The quantitative estimate of drug-likeness (QED) is 0.556. The number of nitrogens with two attached hydrogens (primary N) is 1. The van der Waals surface area contributed by atoms with Crippen LogP contribution in [0, 0.1) is 0 Å². The van der Waals surface area contributed by atoms with Gasteiger partial charge in [0.2, 0.25) is 0 Å². The standard InChI is InChI=1S/C12H26N2O4/c1-10(16-8-9-17-13)6-7-14(5)11(15)18-12(2,3)4/h10H,6-9,13H2,1-5H3. The molecule has 0 aliphatic rings. The second-order valence-corrected chi connectivity index (χ2v) is 5.24. The van der Waals surface area contributed by atoms with Crippen LogP contribution in [0.4, 0.5) is 4.79 Å². The monoisotopic (exact) mass is 262 g/mol. The molecule has 2 N–H and O–H groups in total. The summed E-state index contributed by atoms with van der Waals surface area (Å²) in [6.45, 7) is 8.88. The third-order valence-corrected chi connectivity index (χ3v) is 2.18. The summed E-state index contributed by atoms with van der Waals surface area (Å²) in [5.41, 5.74) is -0.466. The van der Waals surface area contributed by atoms with Gasteiger partial charge in [0.05, 0.1) is 19.3 Å². The molecule has 0 aromatic carbocycles. The fourth-order valence-electron chi connectivity index (χ4n) is 1.19. The van der Waals surface area contributed by atoms with Gasteiger partial charge in [-0.25, -0.2) is 10.7 Å². The third-order valence-electron chi connectivity index (χ3n) is 2.18. The van der Waals surface area contributed by atoms with E-state index in [1.54, 1.807) is 11.9 Å². The van der Waals surface area contributed by atoms with E-state index in [0.717, 1.165) is 6.42 Å². The van der Waals surface area contributed by atoms with Crippen molar-refractivity contribution in [3.05, 3.63) is 0 Å². The SMILES string of the molecule is CC(CCN(C)C(=O)OC(C)(C)C)OCCON. The molecule has 0 radical (unpaired) electrons. The normalized spacial score (nSPS) is 13.2. The zero-order valence-electron chi connectivity index (χ0n) is 12.1. The molecule has 0 spiro atoms. The van der Waals surface area contributed by atoms with Crippen LogP contribution in [0.15, 0.2) is 0 Å². The van der Waals surface area contributed by atoms with Crippen LogP contribution in [-0.4, -0.2) is 49.5 Å². The van der Waals surface area contributed by atoms with E-state index in [1.165, 1.54) is 0 Å². The summed E-state index contributed by atoms with van der Waals surface area (Å²) in [4.78, 5) is 17.6. The summed E-state index contributed by atoms with van der Waals surface area (Å²) < 4.78 is 10.7. The van der Waals surface area contributed by atoms with Crippen LogP contribution >= 0.6 is 0 Å². The van der Waals surface area contributed by atoms with Crippen molar-refractivity contribution < 1.29 is 19.1 Å². The number of rotatable bonds is 7. The van der Waals surface area contributed by atoms with Crippen molar-refractivity contribution in [1.29, 1.82) is 0 Å². The first kappa shape index (κ1) is 17.2. The lowest BCUT2D eigenvalue weighted by atomic mass is 10.2. The molecule has 0 bridgehead atoms. The Kier molecular flexibility index (Phi) is 7.90. The Morgan fingerprint density at radius 2 is 1.94 bits per heavy atom. The minimum atomic E-state index is -0.466. The van der Waals surface area contributed by atoms with Crippen LogP contribution in [0.3, 0.4) is 0 Å². The van der Waals surface area contributed by atoms with Gasteiger partial charge in [0.15, 0.2) is 0 Å². The van der Waals surface area contributed by atoms with Gasteiger partial charge in [-0.3, -0.25) is 0 Å². The molecule has 6 nitrogen and oxygen atoms in total. The Morgan fingerprint density at radius 1 is 1.33 bits per heavy atom. The van der Waals surface area contributed by atoms with Crippen molar-refractivity contribution in [3.8, 4) is 0 Å². The van der Waals surface area contributed by atoms with E-state index in [4.69, 9.17) is 15.4 Å². The lowest BCUT2D eigenvalue weighted by Gasteiger charge is -2.25. The molecular weight excluding hydrogens is 236 g/mol. The van der Waals surface area contributed by atoms with Crippen molar-refractivity contribution in [2.75, 3.05) is 26.8 Å². The first-order valence-corrected chi connectivity index (χ1v) is 6.13. The highest BCUT2D eigenvalue weighted by Crippen LogP contribution is 2.09. The molecule has 0 aliphatic heterocycles. The van der Waals surface area contributed by atoms with Gasteiger partial charge in [-0.1, -0.05) is 0 Å². The van der Waals surface area contributed by atoms with Crippen molar-refractivity contribution in [2.45, 2.75) is 45.8 Å². The van der Waals surface area contributed by atoms with E-state index in [1.807, 2.05) is 27.7 Å². The summed E-state index contributed by atoms with van der Waals surface area (Å²) in [6.07, 6.45) is 0.463. The molecular formula is C12H26N2O4. The Morgan fingerprint density at radius 3 is 2.44 bits per heavy atom. The molecule has 0 aliphatic carbocycles. The molecule has 0 aromatic heterocycles. The van der Waals surface area contributed by atoms with Gasteiger partial charge in [0.25, 0.3) is 0 Å². The number of ether oxygens (including phenoxy) is 2. The van der Waals surface area contributed by atoms with Crippen molar-refractivity contribution in [2.24, 2.45) is 5.90 Å². The molecule has 0 saturated carbocycles. The van der Waals surface area contributed by atoms with Crippen LogP contribution in [0.1, 0.15) is 34.1 Å². The van der Waals surface area contributed by atoms with E-state index < -0.39 is 5.60 Å². The first-order chi connectivity index (χ1) is 8.26. The Labute approximate surface area is 109 Å². The van der Waals surface area contributed by atoms with Crippen molar-refractivity contribution >= 4 is 6.09 Å². The second-order valence-electron chi connectivity index (χ2n) is 5.24. The van der Waals surface area contributed by atoms with Gasteiger partial charge in [0.1, 0.15) is 5.60 Å². The number of hydrogen-bond donors (Lipinski definition) is 1. The van der Waals surface area contributed by atoms with Gasteiger partial charge in [-0.2, -0.15) is 0 Å². The van der Waals surface area contributed by atoms with Crippen LogP contribution in [0.5, 0.6) is 0 Å². The van der Waals surface area contributed by atoms with Crippen molar-refractivity contribution in [1.82, 2.24) is 4.90 Å². The molecule has 0 saturated heterocycles. The minimum Gasteiger partial charge on any atom is -0.444 e. The summed E-state index contributed by atoms with van der Waals surface area (Å²) in [6, 6.07) is 0. The molecule has 108 valence electrons. The van der Waals surface area contributed by atoms with E-state index in [2.05, 4.69) is 4.84 Å². The third kappa shape index (κ3) is 9.21. The van der Waals surface area contributed by atoms with E-state index in [-0.39, 0.29) is 12.2 Å². The molecule has 0 heterocycles. The highest BCUT2D eigenvalue weighted by atomic mass is 16.6. The van der Waals surface area contributed by atoms with Crippen molar-refractivity contribution in [3.63, 3.8) is 0 Å². The predicted molar refractivity (Wildman–Crippen MR) is 69.0 cm³/mol. The van der Waals surface area contributed by atoms with Gasteiger partial charge in [-0.15, -0.1) is 0 Å². The van der Waals surface area contributed by atoms with Crippen LogP contribution < -0.4 is 5.90 Å². The molecule has 0 rings (SSSR count). The summed E-state index contributed by atoms with van der Waals surface area (Å²) >= 11 is 0. The maximum Gasteiger partial charge on any atom is 0.410 e.